The average Bonchev–Trinajstić information content (AvgIpc) is 2.46. The van der Waals surface area contributed by atoms with Gasteiger partial charge < -0.3 is 19.5 Å². The summed E-state index contributed by atoms with van der Waals surface area (Å²) >= 11 is 0. The van der Waals surface area contributed by atoms with Crippen molar-refractivity contribution < 1.29 is 18.6 Å². The Bertz CT molecular complexity index is 387. The minimum absolute atomic E-state index is 0.0309. The Balaban J connectivity index is 2.43. The number of hydrogen-bond donors (Lipinski definition) is 1. The van der Waals surface area contributed by atoms with E-state index in [0.717, 1.165) is 12.0 Å². The van der Waals surface area contributed by atoms with Crippen LogP contribution in [0.4, 0.5) is 4.39 Å². The van der Waals surface area contributed by atoms with Crippen molar-refractivity contribution in [3.8, 4) is 5.75 Å². The first kappa shape index (κ1) is 16.9. The molecule has 1 aromatic rings. The number of hydrogen-bond acceptors (Lipinski definition) is 4. The maximum absolute atomic E-state index is 13.8. The molecule has 0 aliphatic rings. The van der Waals surface area contributed by atoms with Crippen molar-refractivity contribution in [1.29, 1.82) is 0 Å². The zero-order valence-corrected chi connectivity index (χ0v) is 12.4. The molecule has 1 atom stereocenters. The van der Waals surface area contributed by atoms with E-state index in [2.05, 4.69) is 5.32 Å². The second-order valence-corrected chi connectivity index (χ2v) is 4.48. The molecule has 0 radical (unpaired) electrons. The number of rotatable bonds is 10. The van der Waals surface area contributed by atoms with Crippen molar-refractivity contribution in [2.75, 3.05) is 40.6 Å². The molecule has 4 nitrogen and oxygen atoms in total. The second-order valence-electron chi connectivity index (χ2n) is 4.48. The summed E-state index contributed by atoms with van der Waals surface area (Å²) in [5, 5.41) is 3.08. The first-order valence-electron chi connectivity index (χ1n) is 6.85. The van der Waals surface area contributed by atoms with E-state index in [1.807, 2.05) is 20.0 Å². The molecular weight excluding hydrogens is 261 g/mol. The monoisotopic (exact) mass is 285 g/mol. The fraction of sp³-hybridized carbons (Fsp3) is 0.600. The Kier molecular flexibility index (Phi) is 8.18. The van der Waals surface area contributed by atoms with Crippen molar-refractivity contribution in [2.24, 2.45) is 0 Å². The molecule has 0 spiro atoms. The smallest absolute Gasteiger partial charge is 0.165 e. The van der Waals surface area contributed by atoms with Gasteiger partial charge in [0, 0.05) is 31.9 Å². The van der Waals surface area contributed by atoms with Gasteiger partial charge in [-0.1, -0.05) is 12.1 Å². The minimum atomic E-state index is -0.344. The molecule has 0 aliphatic carbocycles. The number of nitrogens with one attached hydrogen (secondary N) is 1. The van der Waals surface area contributed by atoms with Crippen LogP contribution in [0.5, 0.6) is 5.75 Å². The van der Waals surface area contributed by atoms with Gasteiger partial charge in [-0.2, -0.15) is 0 Å². The van der Waals surface area contributed by atoms with E-state index in [0.29, 0.717) is 32.2 Å². The summed E-state index contributed by atoms with van der Waals surface area (Å²) in [7, 11) is 3.49. The maximum atomic E-state index is 13.8. The Hall–Kier alpha value is -1.17. The van der Waals surface area contributed by atoms with E-state index in [-0.39, 0.29) is 11.9 Å². The highest BCUT2D eigenvalue weighted by molar-refractivity contribution is 5.37. The lowest BCUT2D eigenvalue weighted by atomic mass is 10.1. The number of benzene rings is 1. The van der Waals surface area contributed by atoms with Crippen molar-refractivity contribution in [2.45, 2.75) is 19.4 Å². The fourth-order valence-electron chi connectivity index (χ4n) is 1.78. The molecule has 0 saturated heterocycles. The van der Waals surface area contributed by atoms with Crippen LogP contribution >= 0.6 is 0 Å². The molecule has 114 valence electrons. The number of ether oxygens (including phenoxy) is 3. The van der Waals surface area contributed by atoms with Crippen molar-refractivity contribution in [3.63, 3.8) is 0 Å². The van der Waals surface area contributed by atoms with Crippen LogP contribution in [0.1, 0.15) is 24.9 Å². The second kappa shape index (κ2) is 9.69. The van der Waals surface area contributed by atoms with Crippen LogP contribution in [0.3, 0.4) is 0 Å². The van der Waals surface area contributed by atoms with E-state index in [1.54, 1.807) is 13.2 Å². The summed E-state index contributed by atoms with van der Waals surface area (Å²) in [4.78, 5) is 0. The molecule has 1 aromatic carbocycles. The number of methoxy groups -OCH3 is 1. The molecule has 0 heterocycles. The molecule has 5 heteroatoms. The van der Waals surface area contributed by atoms with Crippen LogP contribution in [0.2, 0.25) is 0 Å². The molecule has 0 aromatic heterocycles. The average molecular weight is 285 g/mol. The predicted molar refractivity (Wildman–Crippen MR) is 76.7 cm³/mol. The summed E-state index contributed by atoms with van der Waals surface area (Å²) in [5.41, 5.74) is 0.812. The Morgan fingerprint density at radius 2 is 2.00 bits per heavy atom. The number of para-hydroxylation sites is 1. The normalized spacial score (nSPS) is 12.4. The molecule has 1 N–H and O–H groups in total. The van der Waals surface area contributed by atoms with E-state index in [1.165, 1.54) is 6.07 Å². The van der Waals surface area contributed by atoms with Crippen LogP contribution in [-0.2, 0) is 9.47 Å². The predicted octanol–water partition coefficient (Wildman–Crippen LogP) is 2.54. The highest BCUT2D eigenvalue weighted by atomic mass is 19.1. The largest absolute Gasteiger partial charge is 0.488 e. The Morgan fingerprint density at radius 1 is 1.20 bits per heavy atom. The summed E-state index contributed by atoms with van der Waals surface area (Å²) in [6.45, 7) is 4.03. The molecule has 1 rings (SSSR count). The van der Waals surface area contributed by atoms with Gasteiger partial charge in [-0.3, -0.25) is 0 Å². The van der Waals surface area contributed by atoms with Gasteiger partial charge in [0.1, 0.15) is 6.61 Å². The molecule has 1 unspecified atom stereocenters. The van der Waals surface area contributed by atoms with Gasteiger partial charge in [0.05, 0.1) is 6.61 Å². The van der Waals surface area contributed by atoms with Gasteiger partial charge in [0.2, 0.25) is 0 Å². The highest BCUT2D eigenvalue weighted by Gasteiger charge is 2.14. The van der Waals surface area contributed by atoms with Crippen LogP contribution in [0.25, 0.3) is 0 Å². The third-order valence-corrected chi connectivity index (χ3v) is 3.01. The van der Waals surface area contributed by atoms with Crippen LogP contribution in [-0.4, -0.2) is 40.6 Å². The third-order valence-electron chi connectivity index (χ3n) is 3.01. The zero-order chi connectivity index (χ0) is 14.8. The Morgan fingerprint density at radius 3 is 2.70 bits per heavy atom. The molecule has 20 heavy (non-hydrogen) atoms. The highest BCUT2D eigenvalue weighted by Crippen LogP contribution is 2.27. The van der Waals surface area contributed by atoms with E-state index in [9.17, 15) is 4.39 Å². The van der Waals surface area contributed by atoms with E-state index < -0.39 is 0 Å². The maximum Gasteiger partial charge on any atom is 0.165 e. The topological polar surface area (TPSA) is 39.7 Å². The van der Waals surface area contributed by atoms with Gasteiger partial charge in [-0.05, 0) is 26.5 Å². The lowest BCUT2D eigenvalue weighted by Gasteiger charge is -2.17. The van der Waals surface area contributed by atoms with Gasteiger partial charge in [0.15, 0.2) is 11.6 Å². The van der Waals surface area contributed by atoms with Crippen molar-refractivity contribution in [1.82, 2.24) is 5.32 Å². The molecule has 0 fully saturated rings. The third kappa shape index (κ3) is 5.45. The lowest BCUT2D eigenvalue weighted by Crippen LogP contribution is -2.16. The number of halogens is 1. The first-order chi connectivity index (χ1) is 9.70. The molecule has 0 aliphatic heterocycles. The van der Waals surface area contributed by atoms with Crippen molar-refractivity contribution >= 4 is 0 Å². The van der Waals surface area contributed by atoms with E-state index in [4.69, 9.17) is 14.2 Å². The summed E-state index contributed by atoms with van der Waals surface area (Å²) in [6, 6.07) is 4.98. The van der Waals surface area contributed by atoms with Gasteiger partial charge in [0.25, 0.3) is 0 Å². The summed E-state index contributed by atoms with van der Waals surface area (Å²) < 4.78 is 29.6. The fourth-order valence-corrected chi connectivity index (χ4v) is 1.78. The quantitative estimate of drug-likeness (QED) is 0.671. The summed E-state index contributed by atoms with van der Waals surface area (Å²) in [6.07, 6.45) is 0.845. The lowest BCUT2D eigenvalue weighted by molar-refractivity contribution is 0.0793. The van der Waals surface area contributed by atoms with Gasteiger partial charge in [-0.25, -0.2) is 4.39 Å². The SMILES string of the molecule is CNC(C)c1cccc(F)c1OCCOCCCOC. The van der Waals surface area contributed by atoms with Crippen molar-refractivity contribution in [3.05, 3.63) is 29.6 Å². The molecule has 0 saturated carbocycles. The van der Waals surface area contributed by atoms with E-state index >= 15 is 0 Å². The van der Waals surface area contributed by atoms with Gasteiger partial charge in [-0.15, -0.1) is 0 Å². The standard InChI is InChI=1S/C15H24FNO3/c1-12(17-2)13-6-4-7-14(16)15(13)20-11-10-19-9-5-8-18-3/h4,6-7,12,17H,5,8-11H2,1-3H3. The van der Waals surface area contributed by atoms with Crippen LogP contribution in [0.15, 0.2) is 18.2 Å². The minimum Gasteiger partial charge on any atom is -0.488 e. The van der Waals surface area contributed by atoms with Crippen LogP contribution in [0, 0.1) is 5.82 Å². The summed E-state index contributed by atoms with van der Waals surface area (Å²) in [5.74, 6) is -0.0428. The molecular formula is C15H24FNO3. The first-order valence-corrected chi connectivity index (χ1v) is 6.85. The Labute approximate surface area is 120 Å². The molecule has 0 amide bonds. The molecule has 0 bridgehead atoms. The van der Waals surface area contributed by atoms with Gasteiger partial charge >= 0.3 is 0 Å². The zero-order valence-electron chi connectivity index (χ0n) is 12.4. The van der Waals surface area contributed by atoms with Crippen LogP contribution < -0.4 is 10.1 Å².